The summed E-state index contributed by atoms with van der Waals surface area (Å²) in [5, 5.41) is 0. The number of imidazole rings is 1. The fourth-order valence-corrected chi connectivity index (χ4v) is 1.38. The third kappa shape index (κ3) is 2.01. The van der Waals surface area contributed by atoms with Crippen molar-refractivity contribution in [3.05, 3.63) is 26.7 Å². The van der Waals surface area contributed by atoms with Crippen molar-refractivity contribution in [2.24, 2.45) is 12.8 Å². The van der Waals surface area contributed by atoms with Crippen LogP contribution in [0, 0.1) is 11.8 Å². The van der Waals surface area contributed by atoms with Crippen molar-refractivity contribution < 1.29 is 4.79 Å². The average molecular weight is 247 g/mol. The molecule has 4 N–H and O–H groups in total. The van der Waals surface area contributed by atoms with Gasteiger partial charge in [-0.2, -0.15) is 0 Å². The monoisotopic (exact) mass is 247 g/mol. The Bertz CT molecular complexity index is 799. The number of H-pyrrole nitrogens is 2. The Morgan fingerprint density at radius 3 is 2.83 bits per heavy atom. The summed E-state index contributed by atoms with van der Waals surface area (Å²) in [5.41, 5.74) is 4.16. The minimum absolute atomic E-state index is 0.105. The Morgan fingerprint density at radius 2 is 2.17 bits per heavy atom. The van der Waals surface area contributed by atoms with Crippen LogP contribution in [0.15, 0.2) is 9.59 Å². The van der Waals surface area contributed by atoms with Gasteiger partial charge in [-0.15, -0.1) is 0 Å². The van der Waals surface area contributed by atoms with Gasteiger partial charge in [-0.1, -0.05) is 5.92 Å². The number of hydrogen-bond donors (Lipinski definition) is 3. The number of nitrogens with one attached hydrogen (secondary N) is 2. The number of hydrogen-bond acceptors (Lipinski definition) is 4. The average Bonchev–Trinajstić information content (AvgIpc) is 2.70. The molecule has 0 atom stereocenters. The quantitative estimate of drug-likeness (QED) is 0.512. The van der Waals surface area contributed by atoms with Gasteiger partial charge in [0, 0.05) is 7.05 Å². The third-order valence-corrected chi connectivity index (χ3v) is 2.22. The zero-order chi connectivity index (χ0) is 13.3. The van der Waals surface area contributed by atoms with Gasteiger partial charge in [0.05, 0.1) is 6.42 Å². The largest absolute Gasteiger partial charge is 0.369 e. The van der Waals surface area contributed by atoms with Gasteiger partial charge in [-0.05, 0) is 5.92 Å². The zero-order valence-electron chi connectivity index (χ0n) is 9.40. The smallest absolute Gasteiger partial charge is 0.329 e. The van der Waals surface area contributed by atoms with Crippen LogP contribution in [-0.2, 0) is 11.8 Å². The van der Waals surface area contributed by atoms with Crippen molar-refractivity contribution in [2.75, 3.05) is 0 Å². The second kappa shape index (κ2) is 4.21. The molecule has 0 aliphatic heterocycles. The highest BCUT2D eigenvalue weighted by Gasteiger charge is 2.09. The summed E-state index contributed by atoms with van der Waals surface area (Å²) in [5.74, 6) is 4.69. The highest BCUT2D eigenvalue weighted by molar-refractivity contribution is 5.76. The Morgan fingerprint density at radius 1 is 1.44 bits per heavy atom. The highest BCUT2D eigenvalue weighted by atomic mass is 16.2. The van der Waals surface area contributed by atoms with Gasteiger partial charge in [-0.3, -0.25) is 19.1 Å². The molecule has 0 saturated carbocycles. The molecule has 2 aromatic rings. The zero-order valence-corrected chi connectivity index (χ0v) is 9.40. The van der Waals surface area contributed by atoms with Gasteiger partial charge in [0.25, 0.3) is 5.56 Å². The van der Waals surface area contributed by atoms with E-state index in [1.54, 1.807) is 0 Å². The lowest BCUT2D eigenvalue weighted by molar-refractivity contribution is -0.117. The fraction of sp³-hybridized carbons (Fsp3) is 0.200. The maximum Gasteiger partial charge on any atom is 0.329 e. The molecule has 8 nitrogen and oxygen atoms in total. The summed E-state index contributed by atoms with van der Waals surface area (Å²) in [4.78, 5) is 42.1. The molecule has 0 aliphatic carbocycles. The Hall–Kier alpha value is -2.82. The van der Waals surface area contributed by atoms with Gasteiger partial charge < -0.3 is 10.7 Å². The summed E-state index contributed by atoms with van der Waals surface area (Å²) in [6.07, 6.45) is -0.105. The molecule has 0 saturated heterocycles. The normalized spacial score (nSPS) is 10.1. The molecular weight excluding hydrogens is 238 g/mol. The molecule has 1 amide bonds. The number of aromatic nitrogens is 4. The molecule has 8 heteroatoms. The lowest BCUT2D eigenvalue weighted by Gasteiger charge is -1.94. The second-order valence-electron chi connectivity index (χ2n) is 3.55. The first-order chi connectivity index (χ1) is 8.49. The maximum atomic E-state index is 11.5. The van der Waals surface area contributed by atoms with Gasteiger partial charge in [-0.25, -0.2) is 9.78 Å². The van der Waals surface area contributed by atoms with Crippen LogP contribution in [-0.4, -0.2) is 25.4 Å². The molecule has 0 aromatic carbocycles. The van der Waals surface area contributed by atoms with Gasteiger partial charge in [0.1, 0.15) is 0 Å². The summed E-state index contributed by atoms with van der Waals surface area (Å²) in [6, 6.07) is 0. The summed E-state index contributed by atoms with van der Waals surface area (Å²) in [7, 11) is 1.47. The number of nitrogens with two attached hydrogens (primary N) is 1. The van der Waals surface area contributed by atoms with Crippen LogP contribution in [0.5, 0.6) is 0 Å². The molecule has 2 rings (SSSR count). The number of carbonyl (C=O) groups is 1. The molecule has 0 aliphatic rings. The van der Waals surface area contributed by atoms with Crippen LogP contribution >= 0.6 is 0 Å². The number of carbonyl (C=O) groups excluding carboxylic acids is 1. The van der Waals surface area contributed by atoms with Crippen LogP contribution in [0.25, 0.3) is 11.2 Å². The maximum absolute atomic E-state index is 11.5. The van der Waals surface area contributed by atoms with Crippen molar-refractivity contribution in [1.29, 1.82) is 0 Å². The van der Waals surface area contributed by atoms with Gasteiger partial charge in [0.15, 0.2) is 17.0 Å². The van der Waals surface area contributed by atoms with E-state index in [4.69, 9.17) is 5.73 Å². The number of rotatable bonds is 1. The standard InChI is InChI=1S/C10H9N5O3/c1-15-8-7(9(17)14-10(15)18)12-6(13-8)4-2-3-5(11)16/h3H2,1H3,(H2,11,16)(H,12,13)(H,14,17,18). The molecular formula is C10H9N5O3. The van der Waals surface area contributed by atoms with Crippen LogP contribution in [0.1, 0.15) is 12.2 Å². The molecule has 0 fully saturated rings. The predicted octanol–water partition coefficient (Wildman–Crippen LogP) is -1.82. The molecule has 2 heterocycles. The molecule has 0 bridgehead atoms. The minimum Gasteiger partial charge on any atom is -0.369 e. The predicted molar refractivity (Wildman–Crippen MR) is 62.6 cm³/mol. The minimum atomic E-state index is -0.566. The van der Waals surface area contributed by atoms with E-state index in [9.17, 15) is 14.4 Å². The fourth-order valence-electron chi connectivity index (χ4n) is 1.38. The van der Waals surface area contributed by atoms with Crippen LogP contribution in [0.4, 0.5) is 0 Å². The SMILES string of the molecule is Cn1c(=O)[nH]c(=O)c2[nH]c(C#CCC(N)=O)nc21. The first-order valence-electron chi connectivity index (χ1n) is 4.95. The van der Waals surface area contributed by atoms with E-state index in [1.807, 2.05) is 0 Å². The van der Waals surface area contributed by atoms with Crippen molar-refractivity contribution in [2.45, 2.75) is 6.42 Å². The molecule has 0 unspecified atom stereocenters. The van der Waals surface area contributed by atoms with E-state index in [1.165, 1.54) is 11.6 Å². The molecule has 0 radical (unpaired) electrons. The first-order valence-corrected chi connectivity index (χ1v) is 4.95. The summed E-state index contributed by atoms with van der Waals surface area (Å²) >= 11 is 0. The number of primary amides is 1. The van der Waals surface area contributed by atoms with Crippen LogP contribution < -0.4 is 17.0 Å². The van der Waals surface area contributed by atoms with Crippen molar-refractivity contribution in [3.63, 3.8) is 0 Å². The Labute approximate surface area is 99.8 Å². The third-order valence-electron chi connectivity index (χ3n) is 2.22. The number of amides is 1. The first kappa shape index (κ1) is 11.7. The van der Waals surface area contributed by atoms with E-state index in [0.717, 1.165) is 0 Å². The van der Waals surface area contributed by atoms with Gasteiger partial charge in [0.2, 0.25) is 5.91 Å². The molecule has 0 spiro atoms. The number of aromatic amines is 2. The Kier molecular flexibility index (Phi) is 2.73. The van der Waals surface area contributed by atoms with E-state index in [-0.39, 0.29) is 23.4 Å². The number of fused-ring (bicyclic) bond motifs is 1. The lowest BCUT2D eigenvalue weighted by Crippen LogP contribution is -2.28. The molecule has 18 heavy (non-hydrogen) atoms. The van der Waals surface area contributed by atoms with E-state index >= 15 is 0 Å². The van der Waals surface area contributed by atoms with E-state index < -0.39 is 17.2 Å². The highest BCUT2D eigenvalue weighted by Crippen LogP contribution is 2.02. The van der Waals surface area contributed by atoms with Crippen molar-refractivity contribution in [3.8, 4) is 11.8 Å². The molecule has 92 valence electrons. The topological polar surface area (TPSA) is 127 Å². The van der Waals surface area contributed by atoms with E-state index in [0.29, 0.717) is 0 Å². The van der Waals surface area contributed by atoms with Crippen LogP contribution in [0.3, 0.4) is 0 Å². The Balaban J connectivity index is 2.57. The van der Waals surface area contributed by atoms with Crippen LogP contribution in [0.2, 0.25) is 0 Å². The second-order valence-corrected chi connectivity index (χ2v) is 3.55. The number of aryl methyl sites for hydroxylation is 1. The number of nitrogens with zero attached hydrogens (tertiary/aromatic N) is 2. The van der Waals surface area contributed by atoms with Crippen molar-refractivity contribution in [1.82, 2.24) is 19.5 Å². The molecule has 2 aromatic heterocycles. The van der Waals surface area contributed by atoms with E-state index in [2.05, 4.69) is 26.8 Å². The summed E-state index contributed by atoms with van der Waals surface area (Å²) < 4.78 is 1.19. The van der Waals surface area contributed by atoms with Crippen molar-refractivity contribution >= 4 is 17.1 Å². The summed E-state index contributed by atoms with van der Waals surface area (Å²) in [6.45, 7) is 0. The van der Waals surface area contributed by atoms with Gasteiger partial charge >= 0.3 is 5.69 Å². The lowest BCUT2D eigenvalue weighted by atomic mass is 10.4.